The average molecular weight is 428 g/mol. The monoisotopic (exact) mass is 427 g/mol. The van der Waals surface area contributed by atoms with Crippen LogP contribution in [0.5, 0.6) is 0 Å². The zero-order chi connectivity index (χ0) is 21.5. The molecule has 0 saturated carbocycles. The van der Waals surface area contributed by atoms with Gasteiger partial charge in [-0.2, -0.15) is 0 Å². The van der Waals surface area contributed by atoms with Crippen LogP contribution in [0.1, 0.15) is 29.0 Å². The smallest absolute Gasteiger partial charge is 0.241 e. The number of hydrogen-bond donors (Lipinski definition) is 1. The zero-order valence-electron chi connectivity index (χ0n) is 17.3. The molecule has 31 heavy (non-hydrogen) atoms. The number of hydrogen-bond acceptors (Lipinski definition) is 4. The highest BCUT2D eigenvalue weighted by molar-refractivity contribution is 7.22. The molecule has 0 saturated heterocycles. The van der Waals surface area contributed by atoms with Crippen molar-refractivity contribution < 1.29 is 9.59 Å². The van der Waals surface area contributed by atoms with Gasteiger partial charge in [-0.1, -0.05) is 47.7 Å². The molecule has 0 fully saturated rings. The van der Waals surface area contributed by atoms with Crippen LogP contribution in [0.3, 0.4) is 0 Å². The lowest BCUT2D eigenvalue weighted by molar-refractivity contribution is -0.124. The highest BCUT2D eigenvalue weighted by atomic mass is 32.1. The summed E-state index contributed by atoms with van der Waals surface area (Å²) in [6.45, 7) is 4.03. The van der Waals surface area contributed by atoms with Crippen molar-refractivity contribution in [3.63, 3.8) is 0 Å². The molecule has 5 rings (SSSR count). The van der Waals surface area contributed by atoms with Gasteiger partial charge in [0, 0.05) is 12.1 Å². The van der Waals surface area contributed by atoms with E-state index < -0.39 is 5.92 Å². The Labute approximate surface area is 184 Å². The van der Waals surface area contributed by atoms with Crippen molar-refractivity contribution in [2.75, 3.05) is 10.2 Å². The number of nitrogens with zero attached hydrogens (tertiary/aromatic N) is 2. The first-order valence-electron chi connectivity index (χ1n) is 10.2. The molecule has 0 radical (unpaired) electrons. The van der Waals surface area contributed by atoms with Crippen LogP contribution in [-0.4, -0.2) is 16.8 Å². The Bertz CT molecular complexity index is 1270. The van der Waals surface area contributed by atoms with Crippen LogP contribution in [0, 0.1) is 13.8 Å². The normalized spacial score (nSPS) is 15.4. The van der Waals surface area contributed by atoms with Gasteiger partial charge in [0.05, 0.1) is 21.8 Å². The molecule has 154 valence electrons. The van der Waals surface area contributed by atoms with Gasteiger partial charge < -0.3 is 5.32 Å². The number of nitrogens with one attached hydrogen (secondary N) is 1. The van der Waals surface area contributed by atoms with Crippen LogP contribution >= 0.6 is 11.3 Å². The van der Waals surface area contributed by atoms with Gasteiger partial charge in [0.1, 0.15) is 0 Å². The predicted octanol–water partition coefficient (Wildman–Crippen LogP) is 5.70. The number of para-hydroxylation sites is 2. The van der Waals surface area contributed by atoms with Crippen molar-refractivity contribution in [2.24, 2.45) is 0 Å². The number of fused-ring (bicyclic) bond motifs is 2. The fraction of sp³-hybridized carbons (Fsp3) is 0.160. The number of thiazole rings is 1. The molecule has 0 spiro atoms. The molecule has 2 heterocycles. The van der Waals surface area contributed by atoms with Crippen LogP contribution in [0.25, 0.3) is 10.2 Å². The first-order chi connectivity index (χ1) is 15.0. The third-order valence-corrected chi connectivity index (χ3v) is 6.48. The number of aromatic nitrogens is 1. The van der Waals surface area contributed by atoms with Crippen LogP contribution in [0.2, 0.25) is 0 Å². The lowest BCUT2D eigenvalue weighted by Crippen LogP contribution is -2.36. The summed E-state index contributed by atoms with van der Waals surface area (Å²) < 4.78 is 1.02. The van der Waals surface area contributed by atoms with Gasteiger partial charge in [-0.05, 0) is 60.9 Å². The summed E-state index contributed by atoms with van der Waals surface area (Å²) in [5.41, 5.74) is 5.28. The van der Waals surface area contributed by atoms with E-state index in [4.69, 9.17) is 4.98 Å². The van der Waals surface area contributed by atoms with E-state index in [0.29, 0.717) is 10.8 Å². The zero-order valence-corrected chi connectivity index (χ0v) is 18.1. The van der Waals surface area contributed by atoms with Crippen LogP contribution in [0.15, 0.2) is 66.7 Å². The van der Waals surface area contributed by atoms with Crippen LogP contribution < -0.4 is 10.2 Å². The topological polar surface area (TPSA) is 62.3 Å². The highest BCUT2D eigenvalue weighted by Crippen LogP contribution is 2.40. The van der Waals surface area contributed by atoms with Gasteiger partial charge in [-0.25, -0.2) is 4.98 Å². The average Bonchev–Trinajstić information content (AvgIpc) is 3.16. The Hall–Kier alpha value is -3.51. The van der Waals surface area contributed by atoms with Crippen molar-refractivity contribution in [3.05, 3.63) is 83.4 Å². The molecule has 4 aromatic rings. The predicted molar refractivity (Wildman–Crippen MR) is 125 cm³/mol. The quantitative estimate of drug-likeness (QED) is 0.456. The van der Waals surface area contributed by atoms with Gasteiger partial charge in [0.2, 0.25) is 11.8 Å². The summed E-state index contributed by atoms with van der Waals surface area (Å²) in [5.74, 6) is -0.870. The van der Waals surface area contributed by atoms with Crippen molar-refractivity contribution in [2.45, 2.75) is 26.2 Å². The van der Waals surface area contributed by atoms with E-state index in [-0.39, 0.29) is 18.2 Å². The van der Waals surface area contributed by atoms with E-state index in [1.807, 2.05) is 74.5 Å². The maximum Gasteiger partial charge on any atom is 0.241 e. The summed E-state index contributed by atoms with van der Waals surface area (Å²) in [6.07, 6.45) is 0.113. The molecule has 1 aromatic heterocycles. The molecule has 6 heteroatoms. The minimum Gasteiger partial charge on any atom is -0.326 e. The Morgan fingerprint density at radius 1 is 1.03 bits per heavy atom. The van der Waals surface area contributed by atoms with Gasteiger partial charge >= 0.3 is 0 Å². The summed E-state index contributed by atoms with van der Waals surface area (Å²) in [7, 11) is 0. The molecule has 1 aliphatic rings. The minimum atomic E-state index is -0.571. The molecule has 1 aliphatic heterocycles. The maximum absolute atomic E-state index is 14.0. The van der Waals surface area contributed by atoms with Crippen LogP contribution in [-0.2, 0) is 9.59 Å². The second-order valence-corrected chi connectivity index (χ2v) is 8.88. The van der Waals surface area contributed by atoms with Gasteiger partial charge in [-0.3, -0.25) is 14.5 Å². The molecule has 1 atom stereocenters. The summed E-state index contributed by atoms with van der Waals surface area (Å²) >= 11 is 1.48. The van der Waals surface area contributed by atoms with Crippen molar-refractivity contribution >= 4 is 49.9 Å². The molecule has 1 unspecified atom stereocenters. The summed E-state index contributed by atoms with van der Waals surface area (Å²) in [6, 6.07) is 21.4. The van der Waals surface area contributed by atoms with Gasteiger partial charge in [0.15, 0.2) is 5.13 Å². The van der Waals surface area contributed by atoms with Crippen molar-refractivity contribution in [1.82, 2.24) is 4.98 Å². The summed E-state index contributed by atoms with van der Waals surface area (Å²) in [5, 5.41) is 3.49. The molecule has 0 aliphatic carbocycles. The van der Waals surface area contributed by atoms with Crippen molar-refractivity contribution in [3.8, 4) is 0 Å². The minimum absolute atomic E-state index is 0.113. The van der Waals surface area contributed by atoms with E-state index in [1.54, 1.807) is 4.90 Å². The fourth-order valence-corrected chi connectivity index (χ4v) is 5.15. The van der Waals surface area contributed by atoms with E-state index >= 15 is 0 Å². The van der Waals surface area contributed by atoms with Crippen molar-refractivity contribution in [1.29, 1.82) is 0 Å². The lowest BCUT2D eigenvalue weighted by atomic mass is 9.89. The summed E-state index contributed by atoms with van der Waals surface area (Å²) in [4.78, 5) is 32.9. The number of carbonyl (C=O) groups excluding carboxylic acids is 2. The van der Waals surface area contributed by atoms with E-state index in [2.05, 4.69) is 11.4 Å². The second-order valence-electron chi connectivity index (χ2n) is 7.88. The Kier molecular flexibility index (Phi) is 4.79. The first-order valence-corrected chi connectivity index (χ1v) is 11.0. The molecule has 3 aromatic carbocycles. The second kappa shape index (κ2) is 7.63. The molecule has 5 nitrogen and oxygen atoms in total. The highest BCUT2D eigenvalue weighted by Gasteiger charge is 2.35. The number of amides is 2. The number of carbonyl (C=O) groups is 2. The SMILES string of the molecule is Cc1cc(C)cc(N(C(=O)C2CC(=O)Nc3ccccc32)c2nc3ccccc3s2)c1. The third-order valence-electron chi connectivity index (χ3n) is 5.46. The number of rotatable bonds is 3. The van der Waals surface area contributed by atoms with Gasteiger partial charge in [0.25, 0.3) is 0 Å². The number of aryl methyl sites for hydroxylation is 2. The largest absolute Gasteiger partial charge is 0.326 e. The Morgan fingerprint density at radius 3 is 2.52 bits per heavy atom. The van der Waals surface area contributed by atoms with Gasteiger partial charge in [-0.15, -0.1) is 0 Å². The first kappa shape index (κ1) is 19.5. The lowest BCUT2D eigenvalue weighted by Gasteiger charge is -2.29. The molecule has 2 amide bonds. The molecular weight excluding hydrogens is 406 g/mol. The van der Waals surface area contributed by atoms with E-state index in [0.717, 1.165) is 32.6 Å². The standard InChI is InChI=1S/C25H21N3O2S/c1-15-11-16(2)13-17(12-15)28(25-27-21-9-5-6-10-22(21)31-25)24(30)19-14-23(29)26-20-8-4-3-7-18(19)20/h3-13,19H,14H2,1-2H3,(H,26,29). The van der Waals surface area contributed by atoms with Crippen LogP contribution in [0.4, 0.5) is 16.5 Å². The molecular formula is C25H21N3O2S. The Morgan fingerprint density at radius 2 is 1.74 bits per heavy atom. The third kappa shape index (κ3) is 3.59. The van der Waals surface area contributed by atoms with E-state index in [9.17, 15) is 9.59 Å². The number of benzene rings is 3. The maximum atomic E-state index is 14.0. The molecule has 0 bridgehead atoms. The van der Waals surface area contributed by atoms with E-state index in [1.165, 1.54) is 11.3 Å². The Balaban J connectivity index is 1.67. The fourth-order valence-electron chi connectivity index (χ4n) is 4.15. The molecule has 1 N–H and O–H groups in total. The number of anilines is 3.